The molecule has 1 aliphatic heterocycles. The number of carboxylic acid groups (broad SMARTS) is 1. The fourth-order valence-corrected chi connectivity index (χ4v) is 2.45. The van der Waals surface area contributed by atoms with E-state index in [1.54, 1.807) is 0 Å². The number of sulfone groups is 1. The monoisotopic (exact) mass is 264 g/mol. The summed E-state index contributed by atoms with van der Waals surface area (Å²) in [6, 6.07) is -2.96. The van der Waals surface area contributed by atoms with E-state index in [0.29, 0.717) is 0 Å². The van der Waals surface area contributed by atoms with Gasteiger partial charge < -0.3 is 20.8 Å². The molecule has 0 saturated heterocycles. The number of amides is 2. The van der Waals surface area contributed by atoms with Crippen molar-refractivity contribution in [3.63, 3.8) is 0 Å². The number of urea groups is 1. The lowest BCUT2D eigenvalue weighted by Crippen LogP contribution is -2.50. The third-order valence-corrected chi connectivity index (χ3v) is 3.43. The van der Waals surface area contributed by atoms with Crippen molar-refractivity contribution in [1.29, 1.82) is 0 Å². The highest BCUT2D eigenvalue weighted by molar-refractivity contribution is 7.94. The number of carbonyl (C=O) groups excluding carboxylic acids is 1. The van der Waals surface area contributed by atoms with Gasteiger partial charge in [-0.3, -0.25) is 0 Å². The Kier molecular flexibility index (Phi) is 4.07. The number of rotatable bonds is 4. The van der Waals surface area contributed by atoms with Crippen LogP contribution >= 0.6 is 0 Å². The fraction of sp³-hybridized carbons (Fsp3) is 0.500. The zero-order valence-electron chi connectivity index (χ0n) is 8.66. The van der Waals surface area contributed by atoms with Crippen LogP contribution < -0.4 is 10.6 Å². The molecule has 0 bridgehead atoms. The van der Waals surface area contributed by atoms with Crippen molar-refractivity contribution >= 4 is 21.8 Å². The minimum absolute atomic E-state index is 0.253. The predicted molar refractivity (Wildman–Crippen MR) is 56.9 cm³/mol. The molecular formula is C8H12N2O6S. The zero-order chi connectivity index (χ0) is 13.1. The van der Waals surface area contributed by atoms with Crippen molar-refractivity contribution in [1.82, 2.24) is 10.6 Å². The number of carbonyl (C=O) groups is 2. The van der Waals surface area contributed by atoms with E-state index < -0.39 is 40.5 Å². The molecule has 0 aliphatic carbocycles. The van der Waals surface area contributed by atoms with Crippen LogP contribution in [0.4, 0.5) is 4.79 Å². The minimum atomic E-state index is -3.28. The van der Waals surface area contributed by atoms with Crippen LogP contribution in [0.1, 0.15) is 0 Å². The van der Waals surface area contributed by atoms with Crippen molar-refractivity contribution in [2.45, 2.75) is 12.1 Å². The largest absolute Gasteiger partial charge is 0.480 e. The Morgan fingerprint density at radius 3 is 2.53 bits per heavy atom. The van der Waals surface area contributed by atoms with Gasteiger partial charge in [0, 0.05) is 5.41 Å². The third-order valence-electron chi connectivity index (χ3n) is 2.03. The van der Waals surface area contributed by atoms with Gasteiger partial charge in [-0.15, -0.1) is 0 Å². The Hall–Kier alpha value is -1.61. The lowest BCUT2D eigenvalue weighted by Gasteiger charge is -2.14. The van der Waals surface area contributed by atoms with E-state index >= 15 is 0 Å². The van der Waals surface area contributed by atoms with Crippen LogP contribution in [0, 0.1) is 0 Å². The van der Waals surface area contributed by atoms with Crippen molar-refractivity contribution in [3.05, 3.63) is 11.5 Å². The van der Waals surface area contributed by atoms with E-state index in [1.165, 1.54) is 6.08 Å². The molecule has 0 aromatic rings. The molecule has 0 spiro atoms. The van der Waals surface area contributed by atoms with E-state index in [2.05, 4.69) is 5.32 Å². The number of nitrogens with one attached hydrogen (secondary N) is 2. The number of hydrogen-bond acceptors (Lipinski definition) is 5. The second-order valence-electron chi connectivity index (χ2n) is 3.46. The van der Waals surface area contributed by atoms with Crippen molar-refractivity contribution in [3.8, 4) is 0 Å². The summed E-state index contributed by atoms with van der Waals surface area (Å²) in [5.41, 5.74) is 0. The molecule has 0 aromatic carbocycles. The van der Waals surface area contributed by atoms with Crippen LogP contribution in [-0.2, 0) is 14.6 Å². The molecule has 2 amide bonds. The van der Waals surface area contributed by atoms with Gasteiger partial charge in [0.2, 0.25) is 0 Å². The van der Waals surface area contributed by atoms with E-state index in [4.69, 9.17) is 10.2 Å². The quantitative estimate of drug-likeness (QED) is 0.466. The number of carboxylic acids is 1. The van der Waals surface area contributed by atoms with E-state index in [0.717, 1.165) is 5.41 Å². The molecule has 17 heavy (non-hydrogen) atoms. The van der Waals surface area contributed by atoms with Gasteiger partial charge >= 0.3 is 12.0 Å². The summed E-state index contributed by atoms with van der Waals surface area (Å²) in [5.74, 6) is -1.63. The van der Waals surface area contributed by atoms with Crippen LogP contribution in [0.15, 0.2) is 11.5 Å². The number of hydrogen-bond donors (Lipinski definition) is 4. The van der Waals surface area contributed by atoms with Gasteiger partial charge in [0.15, 0.2) is 15.9 Å². The first-order valence-corrected chi connectivity index (χ1v) is 6.37. The summed E-state index contributed by atoms with van der Waals surface area (Å²) in [5, 5.41) is 22.5. The topological polar surface area (TPSA) is 133 Å². The van der Waals surface area contributed by atoms with Crippen LogP contribution in [0.5, 0.6) is 0 Å². The van der Waals surface area contributed by atoms with Crippen LogP contribution in [0.3, 0.4) is 0 Å². The van der Waals surface area contributed by atoms with Crippen LogP contribution in [-0.4, -0.2) is 55.1 Å². The Balaban J connectivity index is 2.46. The highest BCUT2D eigenvalue weighted by Gasteiger charge is 2.25. The van der Waals surface area contributed by atoms with Crippen molar-refractivity contribution in [2.75, 3.05) is 12.4 Å². The van der Waals surface area contributed by atoms with E-state index in [1.807, 2.05) is 5.32 Å². The molecule has 1 rings (SSSR count). The molecule has 8 nitrogen and oxygen atoms in total. The third kappa shape index (κ3) is 4.04. The second kappa shape index (κ2) is 5.15. The van der Waals surface area contributed by atoms with Gasteiger partial charge in [0.05, 0.1) is 18.4 Å². The van der Waals surface area contributed by atoms with Gasteiger partial charge in [0.1, 0.15) is 0 Å². The summed E-state index contributed by atoms with van der Waals surface area (Å²) in [6.45, 7) is -0.748. The Morgan fingerprint density at radius 1 is 1.47 bits per heavy atom. The summed E-state index contributed by atoms with van der Waals surface area (Å²) < 4.78 is 22.0. The number of aliphatic hydroxyl groups is 1. The van der Waals surface area contributed by atoms with Gasteiger partial charge in [0.25, 0.3) is 0 Å². The summed E-state index contributed by atoms with van der Waals surface area (Å²) in [4.78, 5) is 21.8. The SMILES string of the molecule is O=C(NC1C=CS(=O)(=O)C1)N[C@H](CO)C(=O)O. The first kappa shape index (κ1) is 13.5. The Labute approximate surface area is 97.2 Å². The van der Waals surface area contributed by atoms with Crippen molar-refractivity contribution in [2.24, 2.45) is 0 Å². The van der Waals surface area contributed by atoms with Gasteiger partial charge in [-0.1, -0.05) is 0 Å². The van der Waals surface area contributed by atoms with Gasteiger partial charge in [-0.2, -0.15) is 0 Å². The highest BCUT2D eigenvalue weighted by atomic mass is 32.2. The average Bonchev–Trinajstić information content (AvgIpc) is 2.54. The maximum atomic E-state index is 11.3. The van der Waals surface area contributed by atoms with Crippen molar-refractivity contribution < 1.29 is 28.2 Å². The summed E-state index contributed by atoms with van der Waals surface area (Å²) >= 11 is 0. The molecule has 1 aliphatic rings. The van der Waals surface area contributed by atoms with E-state index in [-0.39, 0.29) is 5.75 Å². The lowest BCUT2D eigenvalue weighted by atomic mass is 10.3. The Bertz CT molecular complexity index is 443. The second-order valence-corrected chi connectivity index (χ2v) is 5.39. The predicted octanol–water partition coefficient (Wildman–Crippen LogP) is -1.96. The first-order valence-electron chi connectivity index (χ1n) is 4.65. The molecule has 0 radical (unpaired) electrons. The molecule has 0 fully saturated rings. The molecule has 96 valence electrons. The molecule has 0 saturated carbocycles. The van der Waals surface area contributed by atoms with Crippen LogP contribution in [0.2, 0.25) is 0 Å². The molecule has 1 unspecified atom stereocenters. The Morgan fingerprint density at radius 2 is 2.12 bits per heavy atom. The number of aliphatic hydroxyl groups excluding tert-OH is 1. The normalized spacial score (nSPS) is 23.0. The highest BCUT2D eigenvalue weighted by Crippen LogP contribution is 2.07. The molecule has 1 heterocycles. The molecule has 4 N–H and O–H groups in total. The standard InChI is InChI=1S/C8H12N2O6S/c11-3-6(7(12)13)10-8(14)9-5-1-2-17(15,16)4-5/h1-2,5-6,11H,3-4H2,(H,12,13)(H2,9,10,14)/t5?,6-/m1/s1. The summed E-state index contributed by atoms with van der Waals surface area (Å²) in [7, 11) is -3.28. The smallest absolute Gasteiger partial charge is 0.328 e. The number of aliphatic carboxylic acids is 1. The lowest BCUT2D eigenvalue weighted by molar-refractivity contribution is -0.140. The van der Waals surface area contributed by atoms with E-state index in [9.17, 15) is 18.0 Å². The van der Waals surface area contributed by atoms with Crippen LogP contribution in [0.25, 0.3) is 0 Å². The molecular weight excluding hydrogens is 252 g/mol. The molecule has 9 heteroatoms. The molecule has 2 atom stereocenters. The van der Waals surface area contributed by atoms with Gasteiger partial charge in [-0.05, 0) is 6.08 Å². The first-order chi connectivity index (χ1) is 7.84. The minimum Gasteiger partial charge on any atom is -0.480 e. The average molecular weight is 264 g/mol. The summed E-state index contributed by atoms with van der Waals surface area (Å²) in [6.07, 6.45) is 1.30. The maximum absolute atomic E-state index is 11.3. The fourth-order valence-electron chi connectivity index (χ4n) is 1.22. The molecule has 0 aromatic heterocycles. The maximum Gasteiger partial charge on any atom is 0.328 e. The van der Waals surface area contributed by atoms with Gasteiger partial charge in [-0.25, -0.2) is 18.0 Å². The zero-order valence-corrected chi connectivity index (χ0v) is 9.48.